The molecule has 52 heavy (non-hydrogen) atoms. The van der Waals surface area contributed by atoms with Crippen LogP contribution in [0.25, 0.3) is 11.1 Å². The molecule has 0 fully saturated rings. The molecule has 274 valence electrons. The van der Waals surface area contributed by atoms with Gasteiger partial charge in [0, 0.05) is 40.8 Å². The maximum atomic E-state index is 16.4. The zero-order valence-corrected chi connectivity index (χ0v) is 32.1. The molecule has 6 rings (SSSR count). The summed E-state index contributed by atoms with van der Waals surface area (Å²) >= 11 is 0. The standard InChI is InChI=1S/C44H54BF2N3O2/c1-8-10-12-14-28-51-40-24-20-38(21-25-40)48(39-22-26-41(27-23-39)52-29-15-13-11-9-2)37-18-16-36(17-19-37)42-33(5)44-34(6)43-31(3)30-32(4)49(43)45(46,47)50(44)35(42)7/h16-27,30H,8-15,28-29H2,1-7H3. The first-order chi connectivity index (χ1) is 25.1. The van der Waals surface area contributed by atoms with E-state index in [0.29, 0.717) is 36.0 Å². The third-order valence-electron chi connectivity index (χ3n) is 10.6. The number of nitrogens with zero attached hydrogens (tertiary/aromatic N) is 3. The molecule has 0 bridgehead atoms. The minimum atomic E-state index is -4.05. The number of aryl methyl sites for hydroxylation is 2. The van der Waals surface area contributed by atoms with Crippen molar-refractivity contribution in [3.63, 3.8) is 0 Å². The minimum Gasteiger partial charge on any atom is -0.494 e. The maximum Gasteiger partial charge on any atom is 0.737 e. The fraction of sp³-hybridized carbons (Fsp3) is 0.386. The van der Waals surface area contributed by atoms with Crippen molar-refractivity contribution in [3.05, 3.63) is 113 Å². The molecule has 8 heteroatoms. The van der Waals surface area contributed by atoms with Crippen LogP contribution in [0.5, 0.6) is 11.5 Å². The fourth-order valence-corrected chi connectivity index (χ4v) is 8.10. The van der Waals surface area contributed by atoms with Gasteiger partial charge in [0.1, 0.15) is 17.2 Å². The second kappa shape index (κ2) is 16.0. The van der Waals surface area contributed by atoms with Gasteiger partial charge in [0.2, 0.25) is 0 Å². The Morgan fingerprint density at radius 1 is 0.635 bits per heavy atom. The molecule has 4 aromatic rings. The zero-order valence-electron chi connectivity index (χ0n) is 32.1. The Balaban J connectivity index is 1.31. The van der Waals surface area contributed by atoms with Crippen molar-refractivity contribution in [3.8, 4) is 11.5 Å². The van der Waals surface area contributed by atoms with Gasteiger partial charge in [-0.25, -0.2) is 0 Å². The summed E-state index contributed by atoms with van der Waals surface area (Å²) in [6.45, 7) is 11.3. The number of unbranched alkanes of at least 4 members (excludes halogenated alkanes) is 6. The largest absolute Gasteiger partial charge is 0.737 e. The second-order valence-electron chi connectivity index (χ2n) is 14.4. The lowest BCUT2D eigenvalue weighted by atomic mass is 9.86. The van der Waals surface area contributed by atoms with Crippen molar-refractivity contribution in [1.29, 1.82) is 0 Å². The number of benzene rings is 3. The van der Waals surface area contributed by atoms with Crippen LogP contribution in [-0.4, -0.2) is 34.9 Å². The van der Waals surface area contributed by atoms with Crippen molar-refractivity contribution in [2.45, 2.75) is 99.8 Å². The van der Waals surface area contributed by atoms with Crippen molar-refractivity contribution < 1.29 is 22.6 Å². The van der Waals surface area contributed by atoms with Crippen LogP contribution in [0, 0.1) is 13.8 Å². The molecule has 3 aromatic carbocycles. The Hall–Kier alpha value is -4.59. The SMILES string of the molecule is CCCCCCOc1ccc(N(c2ccc(OCCCCCC)cc2)c2ccc(C3=C(C)C4=C(C)c5c(C)cc(C)n5[B-](F)(F)[N+]4=C3C)cc2)cc1. The van der Waals surface area contributed by atoms with E-state index in [9.17, 15) is 0 Å². The van der Waals surface area contributed by atoms with E-state index in [-0.39, 0.29) is 0 Å². The smallest absolute Gasteiger partial charge is 0.494 e. The predicted octanol–water partition coefficient (Wildman–Crippen LogP) is 12.4. The van der Waals surface area contributed by atoms with Crippen LogP contribution >= 0.6 is 0 Å². The molecule has 1 aromatic heterocycles. The number of fused-ring (bicyclic) bond motifs is 2. The highest BCUT2D eigenvalue weighted by atomic mass is 19.2. The van der Waals surface area contributed by atoms with Gasteiger partial charge >= 0.3 is 6.97 Å². The Morgan fingerprint density at radius 3 is 1.60 bits per heavy atom. The molecule has 0 radical (unpaired) electrons. The van der Waals surface area contributed by atoms with Gasteiger partial charge in [-0.05, 0) is 124 Å². The summed E-state index contributed by atoms with van der Waals surface area (Å²) < 4.78 is 47.4. The highest BCUT2D eigenvalue weighted by Crippen LogP contribution is 2.45. The minimum absolute atomic E-state index is 0.577. The molecule has 0 spiro atoms. The lowest BCUT2D eigenvalue weighted by Crippen LogP contribution is -2.51. The van der Waals surface area contributed by atoms with E-state index in [4.69, 9.17) is 9.47 Å². The average Bonchev–Trinajstić information content (AvgIpc) is 3.60. The molecule has 3 heterocycles. The molecule has 0 N–H and O–H groups in total. The number of hydrogen-bond acceptors (Lipinski definition) is 3. The van der Waals surface area contributed by atoms with Gasteiger partial charge in [0.15, 0.2) is 5.70 Å². The summed E-state index contributed by atoms with van der Waals surface area (Å²) in [5.41, 5.74) is 9.77. The third kappa shape index (κ3) is 7.22. The van der Waals surface area contributed by atoms with Crippen molar-refractivity contribution >= 4 is 40.9 Å². The van der Waals surface area contributed by atoms with Crippen molar-refractivity contribution in [2.75, 3.05) is 18.1 Å². The monoisotopic (exact) mass is 705 g/mol. The van der Waals surface area contributed by atoms with E-state index < -0.39 is 6.97 Å². The number of allylic oxidation sites excluding steroid dienone is 3. The van der Waals surface area contributed by atoms with Crippen LogP contribution in [0.15, 0.2) is 90.1 Å². The Kier molecular flexibility index (Phi) is 11.4. The molecule has 0 aliphatic carbocycles. The molecule has 0 atom stereocenters. The topological polar surface area (TPSA) is 29.6 Å². The van der Waals surface area contributed by atoms with E-state index in [1.165, 1.54) is 47.5 Å². The number of anilines is 3. The molecule has 5 nitrogen and oxygen atoms in total. The van der Waals surface area contributed by atoms with Crippen LogP contribution < -0.4 is 14.4 Å². The second-order valence-corrected chi connectivity index (χ2v) is 14.4. The molecular weight excluding hydrogens is 651 g/mol. The third-order valence-corrected chi connectivity index (χ3v) is 10.6. The van der Waals surface area contributed by atoms with Gasteiger partial charge in [0.25, 0.3) is 0 Å². The molecule has 0 saturated carbocycles. The first-order valence-corrected chi connectivity index (χ1v) is 19.2. The number of halogens is 2. The van der Waals surface area contributed by atoms with E-state index in [1.807, 2.05) is 58.0 Å². The Morgan fingerprint density at radius 2 is 1.12 bits per heavy atom. The van der Waals surface area contributed by atoms with Crippen LogP contribution in [0.1, 0.15) is 109 Å². The first kappa shape index (κ1) is 37.2. The fourth-order valence-electron chi connectivity index (χ4n) is 8.10. The summed E-state index contributed by atoms with van der Waals surface area (Å²) in [6.07, 6.45) is 9.31. The van der Waals surface area contributed by atoms with Gasteiger partial charge in [-0.1, -0.05) is 64.5 Å². The van der Waals surface area contributed by atoms with Gasteiger partial charge < -0.3 is 32.0 Å². The number of aromatic nitrogens is 1. The molecule has 2 aliphatic rings. The van der Waals surface area contributed by atoms with Crippen LogP contribution in [0.2, 0.25) is 0 Å². The normalized spacial score (nSPS) is 14.9. The van der Waals surface area contributed by atoms with Gasteiger partial charge in [0.05, 0.1) is 18.8 Å². The first-order valence-electron chi connectivity index (χ1n) is 19.2. The van der Waals surface area contributed by atoms with Gasteiger partial charge in [-0.2, -0.15) is 0 Å². The summed E-state index contributed by atoms with van der Waals surface area (Å²) in [5, 5.41) is 0. The molecule has 0 amide bonds. The van der Waals surface area contributed by atoms with Gasteiger partial charge in [-0.15, -0.1) is 0 Å². The van der Waals surface area contributed by atoms with E-state index in [0.717, 1.165) is 69.2 Å². The van der Waals surface area contributed by atoms with Crippen LogP contribution in [0.4, 0.5) is 25.7 Å². The molecular formula is C44H54BF2N3O2. The predicted molar refractivity (Wildman–Crippen MR) is 214 cm³/mol. The summed E-state index contributed by atoms with van der Waals surface area (Å²) in [6, 6.07) is 26.6. The lowest BCUT2D eigenvalue weighted by Gasteiger charge is -2.32. The average molecular weight is 706 g/mol. The van der Waals surface area contributed by atoms with Crippen LogP contribution in [-0.2, 0) is 0 Å². The molecule has 2 aliphatic heterocycles. The van der Waals surface area contributed by atoms with Crippen LogP contribution in [0.3, 0.4) is 0 Å². The summed E-state index contributed by atoms with van der Waals surface area (Å²) in [4.78, 5) is 2.21. The van der Waals surface area contributed by atoms with E-state index in [1.54, 1.807) is 6.92 Å². The van der Waals surface area contributed by atoms with Crippen molar-refractivity contribution in [2.24, 2.45) is 0 Å². The highest BCUT2D eigenvalue weighted by molar-refractivity contribution is 6.59. The Labute approximate surface area is 309 Å². The molecule has 0 unspecified atom stereocenters. The maximum absolute atomic E-state index is 16.4. The van der Waals surface area contributed by atoms with E-state index in [2.05, 4.69) is 67.3 Å². The summed E-state index contributed by atoms with van der Waals surface area (Å²) in [5.74, 6) is 1.71. The Bertz CT molecular complexity index is 1920. The van der Waals surface area contributed by atoms with Crippen molar-refractivity contribution in [1.82, 2.24) is 4.48 Å². The lowest BCUT2D eigenvalue weighted by molar-refractivity contribution is -0.363. The summed E-state index contributed by atoms with van der Waals surface area (Å²) in [7, 11) is 0. The van der Waals surface area contributed by atoms with Gasteiger partial charge in [-0.3, -0.25) is 0 Å². The number of hydrogen-bond donors (Lipinski definition) is 0. The number of ether oxygens (including phenoxy) is 2. The van der Waals surface area contributed by atoms with E-state index >= 15 is 8.63 Å². The highest BCUT2D eigenvalue weighted by Gasteiger charge is 2.55. The quantitative estimate of drug-likeness (QED) is 0.0859. The molecule has 0 saturated heterocycles. The number of rotatable bonds is 16. The zero-order chi connectivity index (χ0) is 37.0.